The van der Waals surface area contributed by atoms with Crippen LogP contribution in [0.2, 0.25) is 0 Å². The number of sulfonamides is 1. The Kier molecular flexibility index (Phi) is 5.62. The summed E-state index contributed by atoms with van der Waals surface area (Å²) in [6.07, 6.45) is 0.750. The van der Waals surface area contributed by atoms with Crippen molar-refractivity contribution in [1.29, 1.82) is 0 Å². The van der Waals surface area contributed by atoms with Gasteiger partial charge in [0, 0.05) is 5.56 Å². The first-order valence-electron chi connectivity index (χ1n) is 8.42. The fraction of sp³-hybridized carbons (Fsp3) is 0.150. The van der Waals surface area contributed by atoms with Crippen molar-refractivity contribution in [2.45, 2.75) is 24.5 Å². The molecule has 2 aromatic carbocycles. The zero-order valence-electron chi connectivity index (χ0n) is 15.0. The minimum absolute atomic E-state index is 0.189. The molecule has 1 aromatic heterocycles. The van der Waals surface area contributed by atoms with Gasteiger partial charge in [0.15, 0.2) is 0 Å². The number of benzene rings is 2. The first kappa shape index (κ1) is 19.1. The number of anilines is 1. The van der Waals surface area contributed by atoms with Crippen LogP contribution in [0.3, 0.4) is 0 Å². The van der Waals surface area contributed by atoms with Crippen molar-refractivity contribution in [2.75, 3.05) is 4.72 Å². The van der Waals surface area contributed by atoms with Crippen LogP contribution >= 0.6 is 11.3 Å². The molecule has 0 saturated heterocycles. The van der Waals surface area contributed by atoms with Gasteiger partial charge >= 0.3 is 0 Å². The van der Waals surface area contributed by atoms with E-state index in [1.54, 1.807) is 35.7 Å². The second-order valence-corrected chi connectivity index (χ2v) is 8.79. The van der Waals surface area contributed by atoms with E-state index in [0.717, 1.165) is 28.9 Å². The van der Waals surface area contributed by atoms with Crippen molar-refractivity contribution in [3.05, 3.63) is 76.7 Å². The number of nitrogens with zero attached hydrogens (tertiary/aromatic N) is 1. The molecular weight excluding hydrogens is 380 g/mol. The molecule has 140 valence electrons. The smallest absolute Gasteiger partial charge is 0.271 e. The third kappa shape index (κ3) is 4.20. The lowest BCUT2D eigenvalue weighted by molar-refractivity contribution is -0.212. The highest BCUT2D eigenvalue weighted by Crippen LogP contribution is 2.27. The Morgan fingerprint density at radius 3 is 2.59 bits per heavy atom. The highest BCUT2D eigenvalue weighted by molar-refractivity contribution is 7.94. The standard InChI is InChI=1S/C20H20N2O3S2/c1-3-15-9-6-8-14(2)19(15)21-20(23)16-10-4-5-11-17(16)22-27(24,25)18-12-7-13-26-18/h4-13,22H,3H2,1-2H3,(H,21,23)/p-1. The Hall–Kier alpha value is -2.64. The average molecular weight is 400 g/mol. The summed E-state index contributed by atoms with van der Waals surface area (Å²) in [5.41, 5.74) is 2.94. The number of nitrogens with one attached hydrogen (secondary N) is 1. The van der Waals surface area contributed by atoms with Gasteiger partial charge in [0.1, 0.15) is 4.21 Å². The molecule has 0 aliphatic heterocycles. The van der Waals surface area contributed by atoms with Crippen LogP contribution in [0.15, 0.2) is 69.2 Å². The van der Waals surface area contributed by atoms with Crippen molar-refractivity contribution in [1.82, 2.24) is 0 Å². The van der Waals surface area contributed by atoms with E-state index in [-0.39, 0.29) is 15.5 Å². The zero-order valence-corrected chi connectivity index (χ0v) is 16.6. The molecule has 0 unspecified atom stereocenters. The van der Waals surface area contributed by atoms with Gasteiger partial charge in [-0.05, 0) is 47.9 Å². The van der Waals surface area contributed by atoms with Gasteiger partial charge in [-0.25, -0.2) is 8.42 Å². The summed E-state index contributed by atoms with van der Waals surface area (Å²) in [5.74, 6) is -0.483. The Morgan fingerprint density at radius 2 is 1.89 bits per heavy atom. The molecule has 5 nitrogen and oxygen atoms in total. The predicted octanol–water partition coefficient (Wildman–Crippen LogP) is 3.86. The van der Waals surface area contributed by atoms with Crippen LogP contribution in [0, 0.1) is 6.92 Å². The van der Waals surface area contributed by atoms with Crippen molar-refractivity contribution in [2.24, 2.45) is 4.99 Å². The lowest BCUT2D eigenvalue weighted by Crippen LogP contribution is -2.22. The van der Waals surface area contributed by atoms with Gasteiger partial charge in [0.05, 0.1) is 11.4 Å². The fourth-order valence-corrected chi connectivity index (χ4v) is 4.77. The summed E-state index contributed by atoms with van der Waals surface area (Å²) in [6, 6.07) is 15.4. The van der Waals surface area contributed by atoms with E-state index in [1.807, 2.05) is 32.0 Å². The Labute approximate surface area is 163 Å². The van der Waals surface area contributed by atoms with Gasteiger partial charge in [0.25, 0.3) is 10.0 Å². The zero-order chi connectivity index (χ0) is 19.4. The maximum atomic E-state index is 12.8. The van der Waals surface area contributed by atoms with Gasteiger partial charge in [-0.15, -0.1) is 11.3 Å². The molecule has 0 fully saturated rings. The van der Waals surface area contributed by atoms with Gasteiger partial charge in [0.2, 0.25) is 0 Å². The third-order valence-electron chi connectivity index (χ3n) is 4.08. The Bertz CT molecular complexity index is 1070. The Morgan fingerprint density at radius 1 is 1.11 bits per heavy atom. The van der Waals surface area contributed by atoms with Crippen molar-refractivity contribution in [3.8, 4) is 0 Å². The van der Waals surface area contributed by atoms with Crippen LogP contribution in [-0.2, 0) is 16.4 Å². The minimum Gasteiger partial charge on any atom is -0.858 e. The van der Waals surface area contributed by atoms with E-state index >= 15 is 0 Å². The Balaban J connectivity index is 2.02. The second-order valence-electron chi connectivity index (χ2n) is 5.94. The number of rotatable bonds is 6. The summed E-state index contributed by atoms with van der Waals surface area (Å²) in [7, 11) is -3.75. The SMILES string of the molecule is CCc1cccc(C)c1N=C([O-])c1ccccc1NS(=O)(=O)c1cccs1. The van der Waals surface area contributed by atoms with Crippen molar-refractivity contribution < 1.29 is 13.5 Å². The van der Waals surface area contributed by atoms with Crippen LogP contribution in [0.5, 0.6) is 0 Å². The summed E-state index contributed by atoms with van der Waals surface area (Å²) in [5, 5.41) is 14.5. The number of hydrogen-bond donors (Lipinski definition) is 1. The van der Waals surface area contributed by atoms with Crippen molar-refractivity contribution >= 4 is 38.6 Å². The van der Waals surface area contributed by atoms with Gasteiger partial charge < -0.3 is 5.11 Å². The molecule has 1 N–H and O–H groups in total. The van der Waals surface area contributed by atoms with Crippen LogP contribution in [0.4, 0.5) is 11.4 Å². The summed E-state index contributed by atoms with van der Waals surface area (Å²) < 4.78 is 27.7. The quantitative estimate of drug-likeness (QED) is 0.505. The molecule has 3 aromatic rings. The minimum atomic E-state index is -3.75. The van der Waals surface area contributed by atoms with Gasteiger partial charge in [-0.1, -0.05) is 49.4 Å². The first-order valence-corrected chi connectivity index (χ1v) is 10.8. The van der Waals surface area contributed by atoms with Crippen molar-refractivity contribution in [3.63, 3.8) is 0 Å². The molecule has 0 radical (unpaired) electrons. The van der Waals surface area contributed by atoms with E-state index in [2.05, 4.69) is 9.71 Å². The predicted molar refractivity (Wildman–Crippen MR) is 108 cm³/mol. The van der Waals surface area contributed by atoms with E-state index in [4.69, 9.17) is 0 Å². The van der Waals surface area contributed by atoms with E-state index < -0.39 is 15.9 Å². The van der Waals surface area contributed by atoms with Crippen LogP contribution < -0.4 is 9.83 Å². The van der Waals surface area contributed by atoms with E-state index in [0.29, 0.717) is 5.69 Å². The monoisotopic (exact) mass is 399 g/mol. The van der Waals surface area contributed by atoms with Crippen LogP contribution in [0.25, 0.3) is 0 Å². The molecule has 0 saturated carbocycles. The molecule has 27 heavy (non-hydrogen) atoms. The summed E-state index contributed by atoms with van der Waals surface area (Å²) in [6.45, 7) is 3.90. The molecule has 0 spiro atoms. The summed E-state index contributed by atoms with van der Waals surface area (Å²) in [4.78, 5) is 4.28. The summed E-state index contributed by atoms with van der Waals surface area (Å²) >= 11 is 1.11. The maximum Gasteiger partial charge on any atom is 0.271 e. The van der Waals surface area contributed by atoms with Crippen LogP contribution in [0.1, 0.15) is 23.6 Å². The molecule has 7 heteroatoms. The lowest BCUT2D eigenvalue weighted by atomic mass is 10.1. The van der Waals surface area contributed by atoms with E-state index in [1.165, 1.54) is 6.07 Å². The first-order chi connectivity index (χ1) is 12.9. The third-order valence-corrected chi connectivity index (χ3v) is 6.84. The van der Waals surface area contributed by atoms with Gasteiger partial charge in [-0.2, -0.15) is 0 Å². The normalized spacial score (nSPS) is 12.1. The molecule has 3 rings (SSSR count). The van der Waals surface area contributed by atoms with E-state index in [9.17, 15) is 13.5 Å². The largest absolute Gasteiger partial charge is 0.858 e. The molecule has 0 atom stereocenters. The molecule has 0 amide bonds. The number of para-hydroxylation sites is 2. The van der Waals surface area contributed by atoms with Gasteiger partial charge in [-0.3, -0.25) is 9.71 Å². The number of aliphatic imine (C=N–C) groups is 1. The topological polar surface area (TPSA) is 81.6 Å². The lowest BCUT2D eigenvalue weighted by Gasteiger charge is -2.18. The van der Waals surface area contributed by atoms with Crippen LogP contribution in [-0.4, -0.2) is 14.3 Å². The molecule has 0 bridgehead atoms. The average Bonchev–Trinajstić information content (AvgIpc) is 3.19. The second kappa shape index (κ2) is 7.94. The molecule has 0 aliphatic rings. The maximum absolute atomic E-state index is 12.8. The highest BCUT2D eigenvalue weighted by atomic mass is 32.2. The molecule has 1 heterocycles. The number of thiophene rings is 1. The molecule has 0 aliphatic carbocycles. The number of aryl methyl sites for hydroxylation is 2. The fourth-order valence-electron chi connectivity index (χ4n) is 2.70. The number of hydrogen-bond acceptors (Lipinski definition) is 5. The highest BCUT2D eigenvalue weighted by Gasteiger charge is 2.17. The molecular formula is C20H19N2O3S2-.